The number of rotatable bonds is 6. The summed E-state index contributed by atoms with van der Waals surface area (Å²) < 4.78 is 5.35. The monoisotopic (exact) mass is 371 g/mol. The summed E-state index contributed by atoms with van der Waals surface area (Å²) in [6.07, 6.45) is 5.75. The standard InChI is InChI=1S/C21H29N3O3/c1-27-18-7-3-6-16(12-18)13-21(17-8-10-22-11-9-17)19(25)24(20(26)23-21)14-15-4-2-5-15/h3,6-7,12,15,17,22H,2,4-5,8-11,13-14H2,1H3,(H,23,26)/t21-/m1/s1. The highest BCUT2D eigenvalue weighted by Gasteiger charge is 2.55. The van der Waals surface area contributed by atoms with Crippen molar-refractivity contribution in [3.63, 3.8) is 0 Å². The molecule has 1 aromatic carbocycles. The van der Waals surface area contributed by atoms with Crippen LogP contribution in [0.3, 0.4) is 0 Å². The van der Waals surface area contributed by atoms with Crippen molar-refractivity contribution in [1.82, 2.24) is 15.5 Å². The van der Waals surface area contributed by atoms with E-state index >= 15 is 0 Å². The second-order valence-electron chi connectivity index (χ2n) is 8.17. The average molecular weight is 371 g/mol. The summed E-state index contributed by atoms with van der Waals surface area (Å²) in [6, 6.07) is 7.61. The Kier molecular flexibility index (Phi) is 5.08. The molecule has 0 radical (unpaired) electrons. The Morgan fingerprint density at radius 1 is 1.19 bits per heavy atom. The molecule has 3 fully saturated rings. The first-order chi connectivity index (χ1) is 13.1. The fourth-order valence-electron chi connectivity index (χ4n) is 4.70. The lowest BCUT2D eigenvalue weighted by Crippen LogP contribution is -2.57. The van der Waals surface area contributed by atoms with E-state index < -0.39 is 5.54 Å². The molecule has 1 aliphatic carbocycles. The van der Waals surface area contributed by atoms with E-state index in [9.17, 15) is 9.59 Å². The smallest absolute Gasteiger partial charge is 0.325 e. The summed E-state index contributed by atoms with van der Waals surface area (Å²) in [5.74, 6) is 1.36. The van der Waals surface area contributed by atoms with E-state index in [0.29, 0.717) is 18.9 Å². The van der Waals surface area contributed by atoms with Crippen LogP contribution in [0.25, 0.3) is 0 Å². The van der Waals surface area contributed by atoms with Crippen LogP contribution in [-0.4, -0.2) is 49.1 Å². The molecule has 1 atom stereocenters. The van der Waals surface area contributed by atoms with Gasteiger partial charge in [0.05, 0.1) is 7.11 Å². The molecule has 6 heteroatoms. The van der Waals surface area contributed by atoms with E-state index in [-0.39, 0.29) is 17.9 Å². The van der Waals surface area contributed by atoms with Crippen LogP contribution in [0.15, 0.2) is 24.3 Å². The van der Waals surface area contributed by atoms with Crippen molar-refractivity contribution in [2.24, 2.45) is 11.8 Å². The van der Waals surface area contributed by atoms with Crippen LogP contribution in [0, 0.1) is 11.8 Å². The number of carbonyl (C=O) groups is 2. The first-order valence-corrected chi connectivity index (χ1v) is 10.1. The van der Waals surface area contributed by atoms with Crippen molar-refractivity contribution >= 4 is 11.9 Å². The maximum Gasteiger partial charge on any atom is 0.325 e. The lowest BCUT2D eigenvalue weighted by Gasteiger charge is -2.38. The molecule has 2 heterocycles. The van der Waals surface area contributed by atoms with Gasteiger partial charge in [0, 0.05) is 13.0 Å². The minimum Gasteiger partial charge on any atom is -0.497 e. The molecular formula is C21H29N3O3. The Balaban J connectivity index is 1.63. The number of nitrogens with zero attached hydrogens (tertiary/aromatic N) is 1. The molecule has 2 saturated heterocycles. The van der Waals surface area contributed by atoms with Crippen molar-refractivity contribution in [3.05, 3.63) is 29.8 Å². The van der Waals surface area contributed by atoms with Crippen LogP contribution in [0.2, 0.25) is 0 Å². The van der Waals surface area contributed by atoms with E-state index in [2.05, 4.69) is 10.6 Å². The van der Waals surface area contributed by atoms with Crippen LogP contribution in [-0.2, 0) is 11.2 Å². The lowest BCUT2D eigenvalue weighted by molar-refractivity contribution is -0.134. The number of hydrogen-bond acceptors (Lipinski definition) is 4. The largest absolute Gasteiger partial charge is 0.497 e. The third-order valence-electron chi connectivity index (χ3n) is 6.52. The van der Waals surface area contributed by atoms with E-state index in [1.807, 2.05) is 24.3 Å². The topological polar surface area (TPSA) is 70.7 Å². The Hall–Kier alpha value is -2.08. The van der Waals surface area contributed by atoms with Gasteiger partial charge < -0.3 is 15.4 Å². The van der Waals surface area contributed by atoms with Crippen LogP contribution in [0.4, 0.5) is 4.79 Å². The number of benzene rings is 1. The second-order valence-corrected chi connectivity index (χ2v) is 8.17. The molecule has 0 unspecified atom stereocenters. The summed E-state index contributed by atoms with van der Waals surface area (Å²) in [5.41, 5.74) is 0.182. The Labute approximate surface area is 160 Å². The number of amides is 3. The zero-order valence-electron chi connectivity index (χ0n) is 16.0. The van der Waals surface area contributed by atoms with Crippen LogP contribution in [0.1, 0.15) is 37.7 Å². The quantitative estimate of drug-likeness (QED) is 0.753. The zero-order valence-corrected chi connectivity index (χ0v) is 16.0. The van der Waals surface area contributed by atoms with Gasteiger partial charge in [0.25, 0.3) is 5.91 Å². The third-order valence-corrected chi connectivity index (χ3v) is 6.52. The molecule has 3 aliphatic rings. The molecule has 3 amide bonds. The highest BCUT2D eigenvalue weighted by atomic mass is 16.5. The highest BCUT2D eigenvalue weighted by molar-refractivity contribution is 6.07. The SMILES string of the molecule is COc1cccc(C[C@]2(C3CCNCC3)NC(=O)N(CC3CCC3)C2=O)c1. The van der Waals surface area contributed by atoms with Gasteiger partial charge >= 0.3 is 6.03 Å². The Morgan fingerprint density at radius 3 is 2.63 bits per heavy atom. The maximum absolute atomic E-state index is 13.6. The van der Waals surface area contributed by atoms with Crippen molar-refractivity contribution < 1.29 is 14.3 Å². The Bertz CT molecular complexity index is 712. The van der Waals surface area contributed by atoms with Gasteiger partial charge in [-0.1, -0.05) is 18.6 Å². The van der Waals surface area contributed by atoms with Crippen molar-refractivity contribution in [2.45, 2.75) is 44.1 Å². The molecule has 0 bridgehead atoms. The van der Waals surface area contributed by atoms with E-state index in [1.54, 1.807) is 7.11 Å². The minimum absolute atomic E-state index is 0.0332. The molecule has 0 aromatic heterocycles. The number of imide groups is 1. The van der Waals surface area contributed by atoms with E-state index in [0.717, 1.165) is 50.1 Å². The van der Waals surface area contributed by atoms with Crippen molar-refractivity contribution in [3.8, 4) is 5.75 Å². The maximum atomic E-state index is 13.6. The van der Waals surface area contributed by atoms with E-state index in [1.165, 1.54) is 11.3 Å². The average Bonchev–Trinajstić information content (AvgIpc) is 2.90. The van der Waals surface area contributed by atoms with Crippen LogP contribution < -0.4 is 15.4 Å². The summed E-state index contributed by atoms with van der Waals surface area (Å²) in [6.45, 7) is 2.34. The van der Waals surface area contributed by atoms with Crippen molar-refractivity contribution in [2.75, 3.05) is 26.7 Å². The van der Waals surface area contributed by atoms with Gasteiger partial charge in [-0.25, -0.2) is 4.79 Å². The zero-order chi connectivity index (χ0) is 18.9. The number of piperidine rings is 1. The lowest BCUT2D eigenvalue weighted by atomic mass is 9.74. The molecule has 146 valence electrons. The van der Waals surface area contributed by atoms with Gasteiger partial charge in [0.2, 0.25) is 0 Å². The Morgan fingerprint density at radius 2 is 1.96 bits per heavy atom. The first kappa shape index (κ1) is 18.3. The number of urea groups is 1. The normalized spacial score (nSPS) is 26.8. The van der Waals surface area contributed by atoms with Crippen LogP contribution >= 0.6 is 0 Å². The molecular weight excluding hydrogens is 342 g/mol. The highest BCUT2D eigenvalue weighted by Crippen LogP contribution is 2.37. The fourth-order valence-corrected chi connectivity index (χ4v) is 4.70. The molecule has 2 N–H and O–H groups in total. The number of hydrogen-bond donors (Lipinski definition) is 2. The predicted molar refractivity (Wildman–Crippen MR) is 103 cm³/mol. The van der Waals surface area contributed by atoms with E-state index in [4.69, 9.17) is 4.74 Å². The predicted octanol–water partition coefficient (Wildman–Crippen LogP) is 2.33. The number of ether oxygens (including phenoxy) is 1. The molecule has 1 aromatic rings. The second kappa shape index (κ2) is 7.50. The summed E-state index contributed by atoms with van der Waals surface area (Å²) >= 11 is 0. The third kappa shape index (κ3) is 3.43. The number of carbonyl (C=O) groups excluding carboxylic acids is 2. The number of methoxy groups -OCH3 is 1. The minimum atomic E-state index is -0.838. The molecule has 1 saturated carbocycles. The summed E-state index contributed by atoms with van der Waals surface area (Å²) in [7, 11) is 1.64. The van der Waals surface area contributed by atoms with Gasteiger partial charge in [0.15, 0.2) is 0 Å². The summed E-state index contributed by atoms with van der Waals surface area (Å²) in [4.78, 5) is 27.8. The molecule has 4 rings (SSSR count). The molecule has 2 aliphatic heterocycles. The first-order valence-electron chi connectivity index (χ1n) is 10.1. The molecule has 6 nitrogen and oxygen atoms in total. The van der Waals surface area contributed by atoms with Gasteiger partial charge in [0.1, 0.15) is 11.3 Å². The van der Waals surface area contributed by atoms with Crippen LogP contribution in [0.5, 0.6) is 5.75 Å². The fraction of sp³-hybridized carbons (Fsp3) is 0.619. The van der Waals surface area contributed by atoms with Gasteiger partial charge in [-0.3, -0.25) is 9.69 Å². The van der Waals surface area contributed by atoms with Gasteiger partial charge in [-0.15, -0.1) is 0 Å². The van der Waals surface area contributed by atoms with Gasteiger partial charge in [-0.05, 0) is 68.3 Å². The van der Waals surface area contributed by atoms with Gasteiger partial charge in [-0.2, -0.15) is 0 Å². The summed E-state index contributed by atoms with van der Waals surface area (Å²) in [5, 5.41) is 6.51. The van der Waals surface area contributed by atoms with Crippen molar-refractivity contribution in [1.29, 1.82) is 0 Å². The molecule has 0 spiro atoms. The number of nitrogens with one attached hydrogen (secondary N) is 2. The molecule has 27 heavy (non-hydrogen) atoms.